The number of nitrogens with one attached hydrogen (secondary N) is 2. The highest BCUT2D eigenvalue weighted by Crippen LogP contribution is 2.25. The van der Waals surface area contributed by atoms with Crippen LogP contribution in [0.5, 0.6) is 0 Å². The molecule has 0 aromatic carbocycles. The highest BCUT2D eigenvalue weighted by Gasteiger charge is 2.47. The first-order valence-corrected chi connectivity index (χ1v) is 8.90. The van der Waals surface area contributed by atoms with Crippen LogP contribution in [0.1, 0.15) is 52.4 Å². The van der Waals surface area contributed by atoms with Gasteiger partial charge in [0.1, 0.15) is 12.2 Å². The molecule has 1 saturated carbocycles. The predicted octanol–water partition coefficient (Wildman–Crippen LogP) is -0.338. The van der Waals surface area contributed by atoms with E-state index in [1.807, 2.05) is 0 Å². The quantitative estimate of drug-likeness (QED) is 0.625. The molecule has 0 bridgehead atoms. The Morgan fingerprint density at radius 3 is 2.71 bits per heavy atom. The first-order valence-electron chi connectivity index (χ1n) is 8.90. The third-order valence-corrected chi connectivity index (χ3v) is 6.28. The molecule has 7 unspecified atom stereocenters. The molecular formula is C16H32N3O2+. The number of piperidine rings is 1. The molecule has 0 aromatic rings. The van der Waals surface area contributed by atoms with Gasteiger partial charge >= 0.3 is 0 Å². The number of hydroxylamine groups is 2. The molecule has 21 heavy (non-hydrogen) atoms. The van der Waals surface area contributed by atoms with E-state index in [0.29, 0.717) is 18.1 Å². The summed E-state index contributed by atoms with van der Waals surface area (Å²) in [7, 11) is 0. The summed E-state index contributed by atoms with van der Waals surface area (Å²) in [6.07, 6.45) is 7.65. The fourth-order valence-corrected chi connectivity index (χ4v) is 5.24. The Morgan fingerprint density at radius 1 is 1.19 bits per heavy atom. The molecule has 2 heterocycles. The molecule has 0 spiro atoms. The van der Waals surface area contributed by atoms with Crippen molar-refractivity contribution in [3.8, 4) is 0 Å². The second kappa shape index (κ2) is 6.50. The van der Waals surface area contributed by atoms with E-state index in [9.17, 15) is 10.4 Å². The smallest absolute Gasteiger partial charge is 0.146 e. The third kappa shape index (κ3) is 3.13. The van der Waals surface area contributed by atoms with Gasteiger partial charge in [0.2, 0.25) is 0 Å². The van der Waals surface area contributed by atoms with Crippen LogP contribution in [0.2, 0.25) is 0 Å². The molecule has 3 aliphatic rings. The van der Waals surface area contributed by atoms with Crippen molar-refractivity contribution >= 4 is 0 Å². The molecule has 3 N–H and O–H groups in total. The molecular weight excluding hydrogens is 266 g/mol. The van der Waals surface area contributed by atoms with Crippen molar-refractivity contribution in [3.63, 3.8) is 0 Å². The van der Waals surface area contributed by atoms with Gasteiger partial charge in [-0.3, -0.25) is 0 Å². The molecule has 0 radical (unpaired) electrons. The molecule has 3 rings (SSSR count). The number of rotatable bonds is 3. The van der Waals surface area contributed by atoms with Gasteiger partial charge in [-0.2, -0.15) is 0 Å². The summed E-state index contributed by atoms with van der Waals surface area (Å²) in [4.78, 5) is 4.35. The van der Waals surface area contributed by atoms with Gasteiger partial charge in [-0.1, -0.05) is 13.3 Å². The highest BCUT2D eigenvalue weighted by atomic mass is 16.8. The minimum absolute atomic E-state index is 0.0913. The van der Waals surface area contributed by atoms with Crippen LogP contribution in [0.4, 0.5) is 0 Å². The average Bonchev–Trinajstić information content (AvgIpc) is 2.77. The van der Waals surface area contributed by atoms with Crippen LogP contribution in [0.15, 0.2) is 0 Å². The van der Waals surface area contributed by atoms with Gasteiger partial charge in [-0.05, 0) is 32.6 Å². The molecule has 0 amide bonds. The number of fused-ring (bicyclic) bond motifs is 1. The Balaban J connectivity index is 1.70. The predicted molar refractivity (Wildman–Crippen MR) is 80.9 cm³/mol. The summed E-state index contributed by atoms with van der Waals surface area (Å²) in [6, 6.07) is 0.568. The zero-order valence-corrected chi connectivity index (χ0v) is 13.6. The van der Waals surface area contributed by atoms with E-state index in [1.54, 1.807) is 4.90 Å². The Labute approximate surface area is 128 Å². The SMILES string of the molecule is CC1CCCN2CC(C)[NH+](CC3CCCCC3[NH+]([O-])O)C12. The van der Waals surface area contributed by atoms with Crippen LogP contribution in [0.25, 0.3) is 0 Å². The lowest BCUT2D eigenvalue weighted by atomic mass is 9.84. The van der Waals surface area contributed by atoms with E-state index in [2.05, 4.69) is 18.7 Å². The molecule has 0 aromatic heterocycles. The van der Waals surface area contributed by atoms with Gasteiger partial charge in [0, 0.05) is 18.9 Å². The summed E-state index contributed by atoms with van der Waals surface area (Å²) < 4.78 is 0. The van der Waals surface area contributed by atoms with Crippen molar-refractivity contribution in [1.29, 1.82) is 0 Å². The number of hydrogen-bond donors (Lipinski definition) is 3. The largest absolute Gasteiger partial charge is 0.600 e. The van der Waals surface area contributed by atoms with Crippen LogP contribution in [-0.4, -0.2) is 48.0 Å². The fraction of sp³-hybridized carbons (Fsp3) is 1.00. The first-order chi connectivity index (χ1) is 10.1. The maximum atomic E-state index is 11.5. The minimum atomic E-state index is -0.556. The average molecular weight is 298 g/mol. The Hall–Kier alpha value is -0.200. The van der Waals surface area contributed by atoms with Crippen molar-refractivity contribution in [1.82, 2.24) is 4.90 Å². The molecule has 5 heteroatoms. The van der Waals surface area contributed by atoms with E-state index in [1.165, 1.54) is 32.4 Å². The molecule has 5 nitrogen and oxygen atoms in total. The van der Waals surface area contributed by atoms with Crippen LogP contribution in [-0.2, 0) is 0 Å². The summed E-state index contributed by atoms with van der Waals surface area (Å²) >= 11 is 0. The Morgan fingerprint density at radius 2 is 1.95 bits per heavy atom. The molecule has 2 aliphatic heterocycles. The molecule has 122 valence electrons. The van der Waals surface area contributed by atoms with Crippen molar-refractivity contribution < 1.29 is 15.3 Å². The second-order valence-electron chi connectivity index (χ2n) is 7.73. The minimum Gasteiger partial charge on any atom is -0.600 e. The third-order valence-electron chi connectivity index (χ3n) is 6.28. The van der Waals surface area contributed by atoms with E-state index >= 15 is 0 Å². The normalized spacial score (nSPS) is 46.3. The summed E-state index contributed by atoms with van der Waals surface area (Å²) in [5, 5.41) is 20.5. The summed E-state index contributed by atoms with van der Waals surface area (Å²) in [5.41, 5.74) is 0. The van der Waals surface area contributed by atoms with Gasteiger partial charge in [0.25, 0.3) is 0 Å². The monoisotopic (exact) mass is 298 g/mol. The van der Waals surface area contributed by atoms with Gasteiger partial charge in [0.05, 0.1) is 25.0 Å². The number of hydrogen-bond acceptors (Lipinski definition) is 3. The van der Waals surface area contributed by atoms with Gasteiger partial charge in [-0.25, -0.2) is 15.3 Å². The van der Waals surface area contributed by atoms with Crippen LogP contribution in [0.3, 0.4) is 0 Å². The zero-order chi connectivity index (χ0) is 15.0. The van der Waals surface area contributed by atoms with Gasteiger partial charge < -0.3 is 10.1 Å². The molecule has 1 aliphatic carbocycles. The summed E-state index contributed by atoms with van der Waals surface area (Å²) in [6.45, 7) is 8.28. The lowest BCUT2D eigenvalue weighted by Crippen LogP contribution is -3.20. The van der Waals surface area contributed by atoms with Crippen LogP contribution < -0.4 is 10.1 Å². The van der Waals surface area contributed by atoms with Crippen molar-refractivity contribution in [2.24, 2.45) is 11.8 Å². The molecule has 3 fully saturated rings. The van der Waals surface area contributed by atoms with Crippen molar-refractivity contribution in [2.75, 3.05) is 19.6 Å². The highest BCUT2D eigenvalue weighted by molar-refractivity contribution is 4.83. The maximum absolute atomic E-state index is 11.5. The topological polar surface area (TPSA) is 55.4 Å². The van der Waals surface area contributed by atoms with E-state index in [-0.39, 0.29) is 6.04 Å². The standard InChI is InChI=1S/C16H31N3O2/c1-12-6-5-9-17-10-13(2)18(16(12)17)11-14-7-3-4-8-15(14)19(20)21/h12-16,19-20H,3-11H2,1-2H3/p+1. The fourth-order valence-electron chi connectivity index (χ4n) is 5.24. The lowest BCUT2D eigenvalue weighted by Gasteiger charge is -2.40. The summed E-state index contributed by atoms with van der Waals surface area (Å²) in [5.74, 6) is 1.15. The second-order valence-corrected chi connectivity index (χ2v) is 7.73. The van der Waals surface area contributed by atoms with Crippen LogP contribution >= 0.6 is 0 Å². The lowest BCUT2D eigenvalue weighted by molar-refractivity contribution is -1.07. The number of nitrogens with zero attached hydrogens (tertiary/aromatic N) is 1. The van der Waals surface area contributed by atoms with Gasteiger partial charge in [-0.15, -0.1) is 0 Å². The Bertz CT molecular complexity index is 352. The van der Waals surface area contributed by atoms with Crippen LogP contribution in [0, 0.1) is 17.0 Å². The number of quaternary nitrogens is 2. The molecule has 7 atom stereocenters. The zero-order valence-electron chi connectivity index (χ0n) is 13.6. The van der Waals surface area contributed by atoms with E-state index < -0.39 is 5.23 Å². The Kier molecular flexibility index (Phi) is 4.86. The van der Waals surface area contributed by atoms with Crippen molar-refractivity contribution in [2.45, 2.75) is 70.6 Å². The van der Waals surface area contributed by atoms with Gasteiger partial charge in [0.15, 0.2) is 0 Å². The van der Waals surface area contributed by atoms with Crippen molar-refractivity contribution in [3.05, 3.63) is 5.21 Å². The van der Waals surface area contributed by atoms with E-state index in [0.717, 1.165) is 31.7 Å². The van der Waals surface area contributed by atoms with E-state index in [4.69, 9.17) is 0 Å². The first kappa shape index (κ1) is 15.7. The molecule has 2 saturated heterocycles. The maximum Gasteiger partial charge on any atom is 0.146 e.